The number of aliphatic carboxylic acids is 1. The summed E-state index contributed by atoms with van der Waals surface area (Å²) < 4.78 is 4.46. The van der Waals surface area contributed by atoms with Gasteiger partial charge in [0.25, 0.3) is 0 Å². The van der Waals surface area contributed by atoms with Gasteiger partial charge in [-0.3, -0.25) is 4.79 Å². The lowest BCUT2D eigenvalue weighted by molar-refractivity contribution is -0.141. The van der Waals surface area contributed by atoms with Crippen LogP contribution in [-0.2, 0) is 9.53 Å². The minimum atomic E-state index is -1.50. The van der Waals surface area contributed by atoms with Crippen LogP contribution in [0.3, 0.4) is 0 Å². The van der Waals surface area contributed by atoms with Crippen LogP contribution in [-0.4, -0.2) is 45.5 Å². The van der Waals surface area contributed by atoms with E-state index in [0.29, 0.717) is 0 Å². The van der Waals surface area contributed by atoms with E-state index >= 15 is 0 Å². The van der Waals surface area contributed by atoms with Crippen molar-refractivity contribution in [3.63, 3.8) is 0 Å². The highest BCUT2D eigenvalue weighted by molar-refractivity contribution is 5.87. The fraction of sp³-hybridized carbons (Fsp3) is 0.364. The number of methoxy groups -OCH3 is 1. The van der Waals surface area contributed by atoms with Gasteiger partial charge in [-0.25, -0.2) is 9.78 Å². The summed E-state index contributed by atoms with van der Waals surface area (Å²) in [5.74, 6) is -1.93. The molecule has 0 radical (unpaired) electrons. The molecule has 1 aromatic heterocycles. The van der Waals surface area contributed by atoms with E-state index in [1.54, 1.807) is 0 Å². The van der Waals surface area contributed by atoms with Gasteiger partial charge in [0.2, 0.25) is 0 Å². The summed E-state index contributed by atoms with van der Waals surface area (Å²) in [5.41, 5.74) is -0.0248. The van der Waals surface area contributed by atoms with E-state index in [9.17, 15) is 19.8 Å². The van der Waals surface area contributed by atoms with Gasteiger partial charge >= 0.3 is 11.9 Å². The average Bonchev–Trinajstić information content (AvgIpc) is 2.36. The number of rotatable bonds is 5. The van der Waals surface area contributed by atoms with Crippen LogP contribution < -0.4 is 0 Å². The molecule has 2 atom stereocenters. The van der Waals surface area contributed by atoms with Crippen LogP contribution >= 0.6 is 0 Å². The summed E-state index contributed by atoms with van der Waals surface area (Å²) in [6.45, 7) is 0. The number of carbonyl (C=O) groups excluding carboxylic acids is 1. The molecule has 1 heterocycles. The number of hydrogen-bond donors (Lipinski definition) is 3. The van der Waals surface area contributed by atoms with Crippen molar-refractivity contribution in [1.29, 1.82) is 0 Å². The summed E-state index contributed by atoms with van der Waals surface area (Å²) in [7, 11) is 1.19. The van der Waals surface area contributed by atoms with Gasteiger partial charge in [0.15, 0.2) is 0 Å². The minimum absolute atomic E-state index is 0.00616. The SMILES string of the molecule is COC(=O)c1cccc(C(O)C(O)CC(=O)O)n1. The standard InChI is InChI=1S/C11H13NO6/c1-18-11(17)7-4-2-3-6(12-7)10(16)8(13)5-9(14)15/h2-4,8,10,13,16H,5H2,1H3,(H,14,15). The molecule has 2 unspecified atom stereocenters. The van der Waals surface area contributed by atoms with E-state index in [4.69, 9.17) is 5.11 Å². The molecule has 0 bridgehead atoms. The molecule has 7 nitrogen and oxygen atoms in total. The predicted octanol–water partition coefficient (Wildman–Crippen LogP) is -0.263. The third-order valence-electron chi connectivity index (χ3n) is 2.22. The third kappa shape index (κ3) is 3.51. The van der Waals surface area contributed by atoms with Crippen molar-refractivity contribution in [1.82, 2.24) is 4.98 Å². The van der Waals surface area contributed by atoms with Gasteiger partial charge in [-0.2, -0.15) is 0 Å². The first-order valence-electron chi connectivity index (χ1n) is 5.09. The van der Waals surface area contributed by atoms with Crippen molar-refractivity contribution in [3.05, 3.63) is 29.6 Å². The predicted molar refractivity (Wildman–Crippen MR) is 58.8 cm³/mol. The molecule has 1 aromatic rings. The van der Waals surface area contributed by atoms with Crippen LogP contribution in [0.15, 0.2) is 18.2 Å². The number of aromatic nitrogens is 1. The number of aliphatic hydroxyl groups excluding tert-OH is 2. The first kappa shape index (κ1) is 14.1. The Balaban J connectivity index is 2.89. The van der Waals surface area contributed by atoms with Crippen molar-refractivity contribution in [3.8, 4) is 0 Å². The van der Waals surface area contributed by atoms with Crippen LogP contribution in [0.1, 0.15) is 28.7 Å². The summed E-state index contributed by atoms with van der Waals surface area (Å²) in [6, 6.07) is 4.21. The molecule has 0 aromatic carbocycles. The Morgan fingerprint density at radius 1 is 1.39 bits per heavy atom. The Morgan fingerprint density at radius 3 is 2.61 bits per heavy atom. The molecule has 0 aliphatic rings. The zero-order valence-corrected chi connectivity index (χ0v) is 9.61. The summed E-state index contributed by atoms with van der Waals surface area (Å²) in [6.07, 6.45) is -3.60. The molecule has 0 aliphatic carbocycles. The molecule has 0 saturated carbocycles. The summed E-state index contributed by atoms with van der Waals surface area (Å²) in [4.78, 5) is 25.4. The van der Waals surface area contributed by atoms with E-state index in [1.807, 2.05) is 0 Å². The lowest BCUT2D eigenvalue weighted by atomic mass is 10.1. The quantitative estimate of drug-likeness (QED) is 0.620. The molecule has 0 spiro atoms. The maximum atomic E-state index is 11.2. The van der Waals surface area contributed by atoms with E-state index in [2.05, 4.69) is 9.72 Å². The summed E-state index contributed by atoms with van der Waals surface area (Å²) in [5, 5.41) is 27.6. The van der Waals surface area contributed by atoms with Crippen LogP contribution in [0.25, 0.3) is 0 Å². The average molecular weight is 255 g/mol. The zero-order valence-electron chi connectivity index (χ0n) is 9.61. The fourth-order valence-corrected chi connectivity index (χ4v) is 1.32. The maximum absolute atomic E-state index is 11.2. The molecule has 1 rings (SSSR count). The number of carboxylic acids is 1. The second-order valence-corrected chi connectivity index (χ2v) is 3.55. The highest BCUT2D eigenvalue weighted by Gasteiger charge is 2.23. The first-order chi connectivity index (χ1) is 8.45. The van der Waals surface area contributed by atoms with Gasteiger partial charge < -0.3 is 20.1 Å². The molecule has 98 valence electrons. The van der Waals surface area contributed by atoms with Crippen LogP contribution in [0.4, 0.5) is 0 Å². The van der Waals surface area contributed by atoms with Gasteiger partial charge in [0.05, 0.1) is 25.3 Å². The lowest BCUT2D eigenvalue weighted by Crippen LogP contribution is -2.23. The highest BCUT2D eigenvalue weighted by Crippen LogP contribution is 2.17. The topological polar surface area (TPSA) is 117 Å². The molecule has 3 N–H and O–H groups in total. The molecule has 0 fully saturated rings. The molecule has 18 heavy (non-hydrogen) atoms. The van der Waals surface area contributed by atoms with Crippen molar-refractivity contribution in [2.45, 2.75) is 18.6 Å². The second-order valence-electron chi connectivity index (χ2n) is 3.55. The first-order valence-corrected chi connectivity index (χ1v) is 5.09. The van der Waals surface area contributed by atoms with Crippen molar-refractivity contribution >= 4 is 11.9 Å². The summed E-state index contributed by atoms with van der Waals surface area (Å²) >= 11 is 0. The molecular weight excluding hydrogens is 242 g/mol. The van der Waals surface area contributed by atoms with E-state index in [0.717, 1.165) is 0 Å². The van der Waals surface area contributed by atoms with E-state index in [-0.39, 0.29) is 11.4 Å². The van der Waals surface area contributed by atoms with Crippen LogP contribution in [0.5, 0.6) is 0 Å². The molecule has 0 amide bonds. The lowest BCUT2D eigenvalue weighted by Gasteiger charge is -2.15. The largest absolute Gasteiger partial charge is 0.481 e. The highest BCUT2D eigenvalue weighted by atomic mass is 16.5. The van der Waals surface area contributed by atoms with Gasteiger partial charge in [-0.1, -0.05) is 6.07 Å². The third-order valence-corrected chi connectivity index (χ3v) is 2.22. The Bertz CT molecular complexity index is 447. The molecule has 7 heteroatoms. The normalized spacial score (nSPS) is 13.7. The fourth-order valence-electron chi connectivity index (χ4n) is 1.32. The number of hydrogen-bond acceptors (Lipinski definition) is 6. The van der Waals surface area contributed by atoms with Gasteiger partial charge in [-0.15, -0.1) is 0 Å². The monoisotopic (exact) mass is 255 g/mol. The molecule has 0 saturated heterocycles. The smallest absolute Gasteiger partial charge is 0.356 e. The molecule has 0 aliphatic heterocycles. The number of esters is 1. The minimum Gasteiger partial charge on any atom is -0.481 e. The Hall–Kier alpha value is -1.99. The number of aliphatic hydroxyl groups is 2. The second kappa shape index (κ2) is 6.08. The van der Waals surface area contributed by atoms with Gasteiger partial charge in [0.1, 0.15) is 11.8 Å². The van der Waals surface area contributed by atoms with Crippen LogP contribution in [0, 0.1) is 0 Å². The van der Waals surface area contributed by atoms with Gasteiger partial charge in [0, 0.05) is 0 Å². The van der Waals surface area contributed by atoms with Crippen molar-refractivity contribution < 1.29 is 29.6 Å². The number of carboxylic acid groups (broad SMARTS) is 1. The van der Waals surface area contributed by atoms with E-state index in [1.165, 1.54) is 25.3 Å². The van der Waals surface area contributed by atoms with Crippen molar-refractivity contribution in [2.24, 2.45) is 0 Å². The zero-order chi connectivity index (χ0) is 13.7. The Kier molecular flexibility index (Phi) is 4.75. The van der Waals surface area contributed by atoms with Gasteiger partial charge in [-0.05, 0) is 12.1 Å². The Morgan fingerprint density at radius 2 is 2.06 bits per heavy atom. The van der Waals surface area contributed by atoms with Crippen molar-refractivity contribution in [2.75, 3.05) is 7.11 Å². The van der Waals surface area contributed by atoms with Crippen LogP contribution in [0.2, 0.25) is 0 Å². The number of nitrogens with zero attached hydrogens (tertiary/aromatic N) is 1. The Labute approximate surface area is 103 Å². The number of ether oxygens (including phenoxy) is 1. The molecular formula is C11H13NO6. The maximum Gasteiger partial charge on any atom is 0.356 e. The number of carbonyl (C=O) groups is 2. The van der Waals surface area contributed by atoms with E-state index < -0.39 is 30.6 Å². The number of pyridine rings is 1.